The van der Waals surface area contributed by atoms with Crippen molar-refractivity contribution in [2.24, 2.45) is 0 Å². The van der Waals surface area contributed by atoms with Crippen LogP contribution in [-0.2, 0) is 15.6 Å². The van der Waals surface area contributed by atoms with Crippen LogP contribution in [0, 0.1) is 5.82 Å². The minimum absolute atomic E-state index is 0.0543. The topological polar surface area (TPSA) is 71.4 Å². The van der Waals surface area contributed by atoms with Crippen molar-refractivity contribution >= 4 is 27.6 Å². The Kier molecular flexibility index (Phi) is 5.15. The molecular formula is C11H13FO4S2. The largest absolute Gasteiger partial charge is 0.478 e. The second kappa shape index (κ2) is 6.19. The number of carbonyl (C=O) groups is 1. The molecule has 0 bridgehead atoms. The highest BCUT2D eigenvalue weighted by atomic mass is 32.2. The number of halogens is 1. The lowest BCUT2D eigenvalue weighted by atomic mass is 10.1. The summed E-state index contributed by atoms with van der Waals surface area (Å²) in [6, 6.07) is 3.59. The molecule has 0 aromatic heterocycles. The highest BCUT2D eigenvalue weighted by Gasteiger charge is 2.08. The molecule has 100 valence electrons. The van der Waals surface area contributed by atoms with Gasteiger partial charge < -0.3 is 5.11 Å². The normalized spacial score (nSPS) is 11.4. The van der Waals surface area contributed by atoms with Crippen LogP contribution in [-0.4, -0.2) is 37.3 Å². The average Bonchev–Trinajstić information content (AvgIpc) is 2.22. The first kappa shape index (κ1) is 15.0. The Balaban J connectivity index is 2.60. The Morgan fingerprint density at radius 3 is 2.61 bits per heavy atom. The molecule has 0 saturated carbocycles. The predicted molar refractivity (Wildman–Crippen MR) is 69.2 cm³/mol. The molecule has 0 spiro atoms. The zero-order valence-electron chi connectivity index (χ0n) is 9.72. The zero-order valence-corrected chi connectivity index (χ0v) is 11.4. The summed E-state index contributed by atoms with van der Waals surface area (Å²) in [6.45, 7) is 0. The van der Waals surface area contributed by atoms with Crippen molar-refractivity contribution in [2.45, 2.75) is 5.75 Å². The van der Waals surface area contributed by atoms with Crippen LogP contribution in [0.5, 0.6) is 0 Å². The third-order valence-electron chi connectivity index (χ3n) is 2.07. The molecule has 0 heterocycles. The first-order chi connectivity index (χ1) is 8.28. The second-order valence-corrected chi connectivity index (χ2v) is 7.20. The van der Waals surface area contributed by atoms with Gasteiger partial charge in [0.25, 0.3) is 0 Å². The average molecular weight is 292 g/mol. The number of hydrogen-bond donors (Lipinski definition) is 1. The van der Waals surface area contributed by atoms with E-state index < -0.39 is 21.6 Å². The minimum Gasteiger partial charge on any atom is -0.478 e. The van der Waals surface area contributed by atoms with E-state index in [1.165, 1.54) is 23.9 Å². The Morgan fingerprint density at radius 1 is 1.39 bits per heavy atom. The van der Waals surface area contributed by atoms with Gasteiger partial charge in [-0.2, -0.15) is 11.8 Å². The maximum Gasteiger partial charge on any atom is 0.335 e. The van der Waals surface area contributed by atoms with E-state index in [0.717, 1.165) is 12.3 Å². The number of aromatic carboxylic acids is 1. The van der Waals surface area contributed by atoms with Gasteiger partial charge in [0, 0.05) is 17.8 Å². The van der Waals surface area contributed by atoms with Crippen molar-refractivity contribution < 1.29 is 22.7 Å². The summed E-state index contributed by atoms with van der Waals surface area (Å²) in [6.07, 6.45) is 1.15. The van der Waals surface area contributed by atoms with Gasteiger partial charge in [-0.05, 0) is 23.8 Å². The molecule has 7 heteroatoms. The van der Waals surface area contributed by atoms with Crippen molar-refractivity contribution in [2.75, 3.05) is 17.8 Å². The minimum atomic E-state index is -3.00. The molecule has 0 saturated heterocycles. The summed E-state index contributed by atoms with van der Waals surface area (Å²) in [5.41, 5.74) is 0.430. The molecule has 1 aromatic rings. The number of sulfone groups is 1. The molecule has 4 nitrogen and oxygen atoms in total. The van der Waals surface area contributed by atoms with Crippen LogP contribution in [0.3, 0.4) is 0 Å². The van der Waals surface area contributed by atoms with Crippen LogP contribution in [0.2, 0.25) is 0 Å². The molecule has 18 heavy (non-hydrogen) atoms. The van der Waals surface area contributed by atoms with Crippen molar-refractivity contribution in [3.05, 3.63) is 35.1 Å². The van der Waals surface area contributed by atoms with Gasteiger partial charge in [0.15, 0.2) is 0 Å². The molecular weight excluding hydrogens is 279 g/mol. The van der Waals surface area contributed by atoms with Gasteiger partial charge >= 0.3 is 5.97 Å². The van der Waals surface area contributed by atoms with Crippen molar-refractivity contribution in [3.8, 4) is 0 Å². The molecule has 0 atom stereocenters. The number of carboxylic acid groups (broad SMARTS) is 1. The van der Waals surface area contributed by atoms with Crippen LogP contribution >= 0.6 is 11.8 Å². The second-order valence-electron chi connectivity index (χ2n) is 3.84. The fraction of sp³-hybridized carbons (Fsp3) is 0.364. The Labute approximate surface area is 109 Å². The fourth-order valence-electron chi connectivity index (χ4n) is 1.26. The van der Waals surface area contributed by atoms with Gasteiger partial charge in [0.2, 0.25) is 0 Å². The van der Waals surface area contributed by atoms with E-state index in [9.17, 15) is 17.6 Å². The van der Waals surface area contributed by atoms with E-state index in [1.807, 2.05) is 0 Å². The molecule has 1 rings (SSSR count). The van der Waals surface area contributed by atoms with Gasteiger partial charge in [-0.15, -0.1) is 0 Å². The Morgan fingerprint density at radius 2 is 2.06 bits per heavy atom. The fourth-order valence-corrected chi connectivity index (χ4v) is 3.49. The highest BCUT2D eigenvalue weighted by molar-refractivity contribution is 7.99. The van der Waals surface area contributed by atoms with Crippen LogP contribution in [0.15, 0.2) is 18.2 Å². The van der Waals surface area contributed by atoms with Crippen LogP contribution < -0.4 is 0 Å². The Hall–Kier alpha value is -1.08. The van der Waals surface area contributed by atoms with Gasteiger partial charge in [-0.25, -0.2) is 17.6 Å². The van der Waals surface area contributed by atoms with E-state index >= 15 is 0 Å². The predicted octanol–water partition coefficient (Wildman–Crippen LogP) is 1.80. The SMILES string of the molecule is CS(=O)(=O)CCSCc1cc(F)cc(C(=O)O)c1. The Bertz CT molecular complexity index is 540. The molecule has 1 aromatic carbocycles. The van der Waals surface area contributed by atoms with E-state index in [0.29, 0.717) is 17.1 Å². The molecule has 1 N–H and O–H groups in total. The standard InChI is InChI=1S/C11H13FO4S2/c1-18(15,16)3-2-17-7-8-4-9(11(13)14)6-10(12)5-8/h4-6H,2-3,7H2,1H3,(H,13,14). The van der Waals surface area contributed by atoms with E-state index in [2.05, 4.69) is 0 Å². The maximum absolute atomic E-state index is 13.1. The van der Waals surface area contributed by atoms with Crippen molar-refractivity contribution in [1.82, 2.24) is 0 Å². The van der Waals surface area contributed by atoms with Gasteiger partial charge in [-0.3, -0.25) is 0 Å². The summed E-state index contributed by atoms with van der Waals surface area (Å²) in [5, 5.41) is 8.76. The summed E-state index contributed by atoms with van der Waals surface area (Å²) >= 11 is 1.32. The molecule has 0 aliphatic carbocycles. The lowest BCUT2D eigenvalue weighted by Gasteiger charge is -2.03. The van der Waals surface area contributed by atoms with E-state index in [-0.39, 0.29) is 11.3 Å². The molecule has 0 aliphatic rings. The zero-order chi connectivity index (χ0) is 13.8. The molecule has 0 fully saturated rings. The quantitative estimate of drug-likeness (QED) is 0.810. The molecule has 0 amide bonds. The number of benzene rings is 1. The van der Waals surface area contributed by atoms with E-state index in [4.69, 9.17) is 5.11 Å². The van der Waals surface area contributed by atoms with Crippen LogP contribution in [0.25, 0.3) is 0 Å². The number of carboxylic acids is 1. The van der Waals surface area contributed by atoms with Gasteiger partial charge in [-0.1, -0.05) is 0 Å². The summed E-state index contributed by atoms with van der Waals surface area (Å²) in [5.74, 6) is -0.949. The van der Waals surface area contributed by atoms with Gasteiger partial charge in [0.05, 0.1) is 11.3 Å². The van der Waals surface area contributed by atoms with Crippen LogP contribution in [0.1, 0.15) is 15.9 Å². The summed E-state index contributed by atoms with van der Waals surface area (Å²) < 4.78 is 34.9. The first-order valence-corrected chi connectivity index (χ1v) is 8.28. The number of thioether (sulfide) groups is 1. The van der Waals surface area contributed by atoms with E-state index in [1.54, 1.807) is 0 Å². The number of hydrogen-bond acceptors (Lipinski definition) is 4. The first-order valence-electron chi connectivity index (χ1n) is 5.06. The third kappa shape index (κ3) is 5.50. The summed E-state index contributed by atoms with van der Waals surface area (Å²) in [4.78, 5) is 10.7. The molecule has 0 aliphatic heterocycles. The molecule has 0 unspecified atom stereocenters. The van der Waals surface area contributed by atoms with Gasteiger partial charge in [0.1, 0.15) is 15.7 Å². The summed E-state index contributed by atoms with van der Waals surface area (Å²) in [7, 11) is -3.00. The molecule has 0 radical (unpaired) electrons. The third-order valence-corrected chi connectivity index (χ3v) is 4.31. The maximum atomic E-state index is 13.1. The van der Waals surface area contributed by atoms with Crippen molar-refractivity contribution in [1.29, 1.82) is 0 Å². The van der Waals surface area contributed by atoms with Crippen molar-refractivity contribution in [3.63, 3.8) is 0 Å². The smallest absolute Gasteiger partial charge is 0.335 e. The highest BCUT2D eigenvalue weighted by Crippen LogP contribution is 2.16. The lowest BCUT2D eigenvalue weighted by Crippen LogP contribution is -2.05. The number of rotatable bonds is 6. The lowest BCUT2D eigenvalue weighted by molar-refractivity contribution is 0.0696. The van der Waals surface area contributed by atoms with Crippen LogP contribution in [0.4, 0.5) is 4.39 Å². The monoisotopic (exact) mass is 292 g/mol.